The maximum Gasteiger partial charge on any atom is 0.410 e. The van der Waals surface area contributed by atoms with E-state index in [4.69, 9.17) is 10.00 Å². The standard InChI is InChI=1S/C22H32N4O2S/c1-17(2)22(16-24,19-8-7-18(15-23)29-19)9-6-10-25-11-13-26(14-12-25)20(27)28-21(3,4)5/h7-8,17H,6,9-14H2,1-5H3. The number of rotatable bonds is 6. The zero-order valence-corrected chi connectivity index (χ0v) is 19.0. The van der Waals surface area contributed by atoms with Crippen LogP contribution in [0.25, 0.3) is 0 Å². The highest BCUT2D eigenvalue weighted by molar-refractivity contribution is 7.12. The van der Waals surface area contributed by atoms with Crippen LogP contribution in [0.4, 0.5) is 4.79 Å². The summed E-state index contributed by atoms with van der Waals surface area (Å²) in [4.78, 5) is 17.9. The van der Waals surface area contributed by atoms with Gasteiger partial charge in [-0.25, -0.2) is 4.79 Å². The molecule has 1 fully saturated rings. The van der Waals surface area contributed by atoms with E-state index in [0.29, 0.717) is 18.0 Å². The fourth-order valence-electron chi connectivity index (χ4n) is 3.64. The fraction of sp³-hybridized carbons (Fsp3) is 0.682. The van der Waals surface area contributed by atoms with Gasteiger partial charge in [0, 0.05) is 31.1 Å². The fourth-order valence-corrected chi connectivity index (χ4v) is 4.76. The topological polar surface area (TPSA) is 80.4 Å². The van der Waals surface area contributed by atoms with Crippen molar-refractivity contribution in [3.63, 3.8) is 0 Å². The first-order valence-corrected chi connectivity index (χ1v) is 11.0. The third-order valence-electron chi connectivity index (χ3n) is 5.41. The molecule has 1 saturated heterocycles. The predicted octanol–water partition coefficient (Wildman–Crippen LogP) is 4.37. The van der Waals surface area contributed by atoms with Crippen LogP contribution in [0.2, 0.25) is 0 Å². The van der Waals surface area contributed by atoms with Gasteiger partial charge >= 0.3 is 6.09 Å². The number of piperazine rings is 1. The molecule has 1 atom stereocenters. The molecule has 0 aliphatic carbocycles. The Morgan fingerprint density at radius 1 is 1.21 bits per heavy atom. The van der Waals surface area contributed by atoms with Gasteiger partial charge < -0.3 is 9.64 Å². The monoisotopic (exact) mass is 416 g/mol. The van der Waals surface area contributed by atoms with Crippen molar-refractivity contribution in [2.45, 2.75) is 58.5 Å². The lowest BCUT2D eigenvalue weighted by molar-refractivity contribution is 0.0143. The molecule has 0 radical (unpaired) electrons. The number of nitrogens with zero attached hydrogens (tertiary/aromatic N) is 4. The van der Waals surface area contributed by atoms with Crippen molar-refractivity contribution in [1.82, 2.24) is 9.80 Å². The number of carbonyl (C=O) groups excluding carboxylic acids is 1. The van der Waals surface area contributed by atoms with E-state index in [1.165, 1.54) is 11.3 Å². The molecule has 1 aromatic heterocycles. The highest BCUT2D eigenvalue weighted by Crippen LogP contribution is 2.40. The molecular weight excluding hydrogens is 384 g/mol. The van der Waals surface area contributed by atoms with Gasteiger partial charge in [0.15, 0.2) is 0 Å². The maximum absolute atomic E-state index is 12.2. The van der Waals surface area contributed by atoms with Crippen LogP contribution in [0, 0.1) is 28.6 Å². The van der Waals surface area contributed by atoms with Crippen LogP contribution >= 0.6 is 11.3 Å². The number of ether oxygens (including phenoxy) is 1. The maximum atomic E-state index is 12.2. The summed E-state index contributed by atoms with van der Waals surface area (Å²) in [7, 11) is 0. The van der Waals surface area contributed by atoms with Crippen molar-refractivity contribution in [3.8, 4) is 12.1 Å². The van der Waals surface area contributed by atoms with Crippen LogP contribution < -0.4 is 0 Å². The van der Waals surface area contributed by atoms with E-state index in [0.717, 1.165) is 37.4 Å². The Kier molecular flexibility index (Phi) is 7.68. The molecule has 0 saturated carbocycles. The van der Waals surface area contributed by atoms with Gasteiger partial charge in [0.25, 0.3) is 0 Å². The van der Waals surface area contributed by atoms with Gasteiger partial charge in [-0.05, 0) is 58.2 Å². The smallest absolute Gasteiger partial charge is 0.410 e. The number of carbonyl (C=O) groups is 1. The average molecular weight is 417 g/mol. The van der Waals surface area contributed by atoms with E-state index in [2.05, 4.69) is 30.9 Å². The average Bonchev–Trinajstić information content (AvgIpc) is 3.14. The third-order valence-corrected chi connectivity index (χ3v) is 6.58. The van der Waals surface area contributed by atoms with E-state index in [1.54, 1.807) is 4.90 Å². The zero-order chi connectivity index (χ0) is 21.7. The molecule has 6 nitrogen and oxygen atoms in total. The Morgan fingerprint density at radius 2 is 1.86 bits per heavy atom. The first kappa shape index (κ1) is 23.2. The van der Waals surface area contributed by atoms with Crippen LogP contribution in [0.3, 0.4) is 0 Å². The molecule has 0 spiro atoms. The second kappa shape index (κ2) is 9.61. The Hall–Kier alpha value is -2.09. The summed E-state index contributed by atoms with van der Waals surface area (Å²) in [5.74, 6) is 0.168. The van der Waals surface area contributed by atoms with Gasteiger partial charge in [0.2, 0.25) is 0 Å². The lowest BCUT2D eigenvalue weighted by Crippen LogP contribution is -2.50. The Labute approximate surface area is 178 Å². The second-order valence-electron chi connectivity index (χ2n) is 8.93. The van der Waals surface area contributed by atoms with Gasteiger partial charge in [0.05, 0.1) is 11.5 Å². The molecule has 2 rings (SSSR count). The summed E-state index contributed by atoms with van der Waals surface area (Å²) in [5, 5.41) is 19.1. The molecule has 0 aromatic carbocycles. The van der Waals surface area contributed by atoms with Gasteiger partial charge in [-0.15, -0.1) is 11.3 Å². The Morgan fingerprint density at radius 3 is 2.34 bits per heavy atom. The molecule has 1 amide bonds. The second-order valence-corrected chi connectivity index (χ2v) is 10.0. The summed E-state index contributed by atoms with van der Waals surface area (Å²) in [6.45, 7) is 13.7. The summed E-state index contributed by atoms with van der Waals surface area (Å²) in [6, 6.07) is 8.49. The van der Waals surface area contributed by atoms with E-state index in [1.807, 2.05) is 32.9 Å². The van der Waals surface area contributed by atoms with Crippen LogP contribution in [-0.2, 0) is 10.2 Å². The molecule has 29 heavy (non-hydrogen) atoms. The van der Waals surface area contributed by atoms with E-state index in [-0.39, 0.29) is 12.0 Å². The van der Waals surface area contributed by atoms with Gasteiger partial charge in [-0.1, -0.05) is 13.8 Å². The third kappa shape index (κ3) is 5.95. The Bertz CT molecular complexity index is 776. The highest BCUT2D eigenvalue weighted by atomic mass is 32.1. The molecule has 0 bridgehead atoms. The molecular formula is C22H32N4O2S. The van der Waals surface area contributed by atoms with Crippen LogP contribution in [0.15, 0.2) is 12.1 Å². The van der Waals surface area contributed by atoms with Crippen LogP contribution in [0.1, 0.15) is 57.2 Å². The molecule has 1 unspecified atom stereocenters. The SMILES string of the molecule is CC(C)C(C#N)(CCCN1CCN(C(=O)OC(C)(C)C)CC1)c1ccc(C#N)s1. The molecule has 2 heterocycles. The molecule has 1 aliphatic heterocycles. The van der Waals surface area contributed by atoms with Gasteiger partial charge in [-0.3, -0.25) is 4.90 Å². The zero-order valence-electron chi connectivity index (χ0n) is 18.2. The minimum absolute atomic E-state index is 0.168. The minimum atomic E-state index is -0.557. The molecule has 1 aromatic rings. The van der Waals surface area contributed by atoms with Crippen molar-refractivity contribution >= 4 is 17.4 Å². The minimum Gasteiger partial charge on any atom is -0.444 e. The number of amides is 1. The van der Waals surface area contributed by atoms with Crippen molar-refractivity contribution in [2.75, 3.05) is 32.7 Å². The summed E-state index contributed by atoms with van der Waals surface area (Å²) >= 11 is 1.43. The van der Waals surface area contributed by atoms with E-state index >= 15 is 0 Å². The largest absolute Gasteiger partial charge is 0.444 e. The summed E-state index contributed by atoms with van der Waals surface area (Å²) in [5.41, 5.74) is -1.03. The number of nitriles is 2. The van der Waals surface area contributed by atoms with Gasteiger partial charge in [-0.2, -0.15) is 10.5 Å². The van der Waals surface area contributed by atoms with Crippen LogP contribution in [0.5, 0.6) is 0 Å². The number of hydrogen-bond donors (Lipinski definition) is 0. The number of hydrogen-bond acceptors (Lipinski definition) is 6. The first-order chi connectivity index (χ1) is 13.6. The summed E-state index contributed by atoms with van der Waals surface area (Å²) in [6.07, 6.45) is 1.42. The molecule has 7 heteroatoms. The van der Waals surface area contributed by atoms with Crippen LogP contribution in [-0.4, -0.2) is 54.2 Å². The first-order valence-electron chi connectivity index (χ1n) is 10.2. The Balaban J connectivity index is 1.89. The van der Waals surface area contributed by atoms with Crippen molar-refractivity contribution in [1.29, 1.82) is 10.5 Å². The van der Waals surface area contributed by atoms with Gasteiger partial charge in [0.1, 0.15) is 16.5 Å². The normalized spacial score (nSPS) is 17.4. The molecule has 0 N–H and O–H groups in total. The lowest BCUT2D eigenvalue weighted by atomic mass is 9.73. The van der Waals surface area contributed by atoms with Crippen molar-refractivity contribution in [2.24, 2.45) is 5.92 Å². The quantitative estimate of drug-likeness (QED) is 0.688. The summed E-state index contributed by atoms with van der Waals surface area (Å²) < 4.78 is 5.45. The number of thiophene rings is 1. The molecule has 1 aliphatic rings. The highest BCUT2D eigenvalue weighted by Gasteiger charge is 2.37. The predicted molar refractivity (Wildman–Crippen MR) is 115 cm³/mol. The van der Waals surface area contributed by atoms with E-state index in [9.17, 15) is 10.1 Å². The molecule has 158 valence electrons. The van der Waals surface area contributed by atoms with E-state index < -0.39 is 11.0 Å². The van der Waals surface area contributed by atoms with Crippen molar-refractivity contribution in [3.05, 3.63) is 21.9 Å². The van der Waals surface area contributed by atoms with Crippen molar-refractivity contribution < 1.29 is 9.53 Å². The lowest BCUT2D eigenvalue weighted by Gasteiger charge is -2.36.